The fourth-order valence-electron chi connectivity index (χ4n) is 3.30. The second kappa shape index (κ2) is 7.09. The van der Waals surface area contributed by atoms with Crippen LogP contribution in [0.25, 0.3) is 0 Å². The molecule has 1 atom stereocenters. The van der Waals surface area contributed by atoms with E-state index in [2.05, 4.69) is 5.10 Å². The van der Waals surface area contributed by atoms with Crippen LogP contribution in [0, 0.1) is 0 Å². The third-order valence-electron chi connectivity index (χ3n) is 4.59. The van der Waals surface area contributed by atoms with Crippen molar-refractivity contribution in [2.75, 3.05) is 20.6 Å². The third kappa shape index (κ3) is 3.73. The Hall–Kier alpha value is -2.63. The van der Waals surface area contributed by atoms with E-state index < -0.39 is 0 Å². The second-order valence-corrected chi connectivity index (χ2v) is 6.76. The van der Waals surface area contributed by atoms with E-state index in [1.165, 1.54) is 0 Å². The summed E-state index contributed by atoms with van der Waals surface area (Å²) in [5.74, 6) is -0.323. The first-order valence-corrected chi connectivity index (χ1v) is 8.51. The molecule has 1 aromatic carbocycles. The Morgan fingerprint density at radius 1 is 1.24 bits per heavy atom. The number of rotatable bonds is 4. The number of carbonyl (C=O) groups excluding carboxylic acids is 2. The molecule has 0 saturated carbocycles. The van der Waals surface area contributed by atoms with Crippen molar-refractivity contribution in [3.63, 3.8) is 0 Å². The number of hydrogen-bond donors (Lipinski definition) is 0. The van der Waals surface area contributed by atoms with Crippen LogP contribution in [0.5, 0.6) is 0 Å². The van der Waals surface area contributed by atoms with Gasteiger partial charge in [-0.05, 0) is 12.0 Å². The number of nitrogens with zero attached hydrogens (tertiary/aromatic N) is 4. The molecule has 25 heavy (non-hydrogen) atoms. The van der Waals surface area contributed by atoms with Gasteiger partial charge in [0.1, 0.15) is 5.92 Å². The van der Waals surface area contributed by atoms with Crippen LogP contribution in [0.15, 0.2) is 36.5 Å². The monoisotopic (exact) mass is 340 g/mol. The zero-order chi connectivity index (χ0) is 18.0. The van der Waals surface area contributed by atoms with E-state index in [-0.39, 0.29) is 17.7 Å². The minimum atomic E-state index is -0.388. The minimum absolute atomic E-state index is 0.0134. The van der Waals surface area contributed by atoms with Crippen molar-refractivity contribution >= 4 is 11.8 Å². The Morgan fingerprint density at radius 2 is 1.96 bits per heavy atom. The Bertz CT molecular complexity index is 767. The number of benzene rings is 1. The molecule has 3 rings (SSSR count). The van der Waals surface area contributed by atoms with Gasteiger partial charge in [0.05, 0.1) is 5.69 Å². The van der Waals surface area contributed by atoms with Gasteiger partial charge in [-0.25, -0.2) is 0 Å². The maximum Gasteiger partial charge on any atom is 0.233 e. The smallest absolute Gasteiger partial charge is 0.233 e. The second-order valence-electron chi connectivity index (χ2n) is 6.76. The molecule has 6 heteroatoms. The molecule has 2 heterocycles. The van der Waals surface area contributed by atoms with Gasteiger partial charge in [0, 0.05) is 52.4 Å². The molecule has 0 spiro atoms. The van der Waals surface area contributed by atoms with E-state index >= 15 is 0 Å². The van der Waals surface area contributed by atoms with Gasteiger partial charge in [0.25, 0.3) is 0 Å². The lowest BCUT2D eigenvalue weighted by Gasteiger charge is -2.32. The fourth-order valence-corrected chi connectivity index (χ4v) is 3.30. The Kier molecular flexibility index (Phi) is 4.88. The van der Waals surface area contributed by atoms with E-state index in [9.17, 15) is 9.59 Å². The molecule has 0 aliphatic carbocycles. The minimum Gasteiger partial charge on any atom is -0.348 e. The number of hydrogen-bond acceptors (Lipinski definition) is 3. The van der Waals surface area contributed by atoms with Crippen LogP contribution in [-0.2, 0) is 29.6 Å². The van der Waals surface area contributed by atoms with Crippen LogP contribution in [-0.4, -0.2) is 52.0 Å². The van der Waals surface area contributed by atoms with E-state index in [0.717, 1.165) is 16.8 Å². The lowest BCUT2D eigenvalue weighted by molar-refractivity contribution is -0.136. The SMILES string of the molecule is CN(C)C(=O)[C@H]1CN(C(=O)CCc2ccccc2)Cc2cn(C)nc21. The van der Waals surface area contributed by atoms with Gasteiger partial charge >= 0.3 is 0 Å². The van der Waals surface area contributed by atoms with Crippen LogP contribution in [0.1, 0.15) is 29.2 Å². The highest BCUT2D eigenvalue weighted by Gasteiger charge is 2.35. The van der Waals surface area contributed by atoms with Gasteiger partial charge < -0.3 is 9.80 Å². The highest BCUT2D eigenvalue weighted by molar-refractivity contribution is 5.85. The average molecular weight is 340 g/mol. The van der Waals surface area contributed by atoms with Crippen LogP contribution < -0.4 is 0 Å². The van der Waals surface area contributed by atoms with Gasteiger partial charge in [-0.1, -0.05) is 30.3 Å². The van der Waals surface area contributed by atoms with E-state index in [0.29, 0.717) is 25.9 Å². The van der Waals surface area contributed by atoms with Crippen molar-refractivity contribution in [3.8, 4) is 0 Å². The molecule has 1 aromatic heterocycles. The molecular formula is C19H24N4O2. The standard InChI is InChI=1S/C19H24N4O2/c1-21(2)19(25)16-13-23(12-15-11-22(3)20-18(15)16)17(24)10-9-14-7-5-4-6-8-14/h4-8,11,16H,9-10,12-13H2,1-3H3/t16-/m0/s1. The molecule has 2 amide bonds. The normalized spacial score (nSPS) is 16.4. The summed E-state index contributed by atoms with van der Waals surface area (Å²) in [4.78, 5) is 28.6. The first-order chi connectivity index (χ1) is 12.0. The fraction of sp³-hybridized carbons (Fsp3) is 0.421. The van der Waals surface area contributed by atoms with Crippen molar-refractivity contribution in [1.29, 1.82) is 0 Å². The summed E-state index contributed by atoms with van der Waals surface area (Å²) in [5.41, 5.74) is 2.91. The first-order valence-electron chi connectivity index (χ1n) is 8.51. The van der Waals surface area contributed by atoms with Crippen molar-refractivity contribution in [1.82, 2.24) is 19.6 Å². The highest BCUT2D eigenvalue weighted by atomic mass is 16.2. The number of likely N-dealkylation sites (N-methyl/N-ethyl adjacent to an activating group) is 1. The molecule has 0 fully saturated rings. The Morgan fingerprint density at radius 3 is 2.64 bits per heavy atom. The Labute approximate surface area is 148 Å². The molecule has 1 aliphatic rings. The zero-order valence-corrected chi connectivity index (χ0v) is 15.0. The van der Waals surface area contributed by atoms with Gasteiger partial charge in [-0.3, -0.25) is 14.3 Å². The maximum absolute atomic E-state index is 12.7. The number of fused-ring (bicyclic) bond motifs is 1. The van der Waals surface area contributed by atoms with E-state index in [1.54, 1.807) is 28.6 Å². The molecule has 1 aliphatic heterocycles. The van der Waals surface area contributed by atoms with Crippen molar-refractivity contribution in [2.24, 2.45) is 7.05 Å². The number of aromatic nitrogens is 2. The summed E-state index contributed by atoms with van der Waals surface area (Å²) < 4.78 is 1.72. The largest absolute Gasteiger partial charge is 0.348 e. The predicted molar refractivity (Wildman–Crippen MR) is 94.8 cm³/mol. The lowest BCUT2D eigenvalue weighted by atomic mass is 9.94. The van der Waals surface area contributed by atoms with E-state index in [1.807, 2.05) is 43.6 Å². The molecule has 6 nitrogen and oxygen atoms in total. The van der Waals surface area contributed by atoms with Crippen molar-refractivity contribution in [3.05, 3.63) is 53.3 Å². The highest BCUT2D eigenvalue weighted by Crippen LogP contribution is 2.28. The molecule has 0 unspecified atom stereocenters. The summed E-state index contributed by atoms with van der Waals surface area (Å²) in [6, 6.07) is 9.99. The summed E-state index contributed by atoms with van der Waals surface area (Å²) in [7, 11) is 5.32. The van der Waals surface area contributed by atoms with Gasteiger partial charge in [-0.2, -0.15) is 5.10 Å². The molecular weight excluding hydrogens is 316 g/mol. The van der Waals surface area contributed by atoms with Gasteiger partial charge in [-0.15, -0.1) is 0 Å². The number of amides is 2. The molecule has 132 valence electrons. The first kappa shape index (κ1) is 17.2. The predicted octanol–water partition coefficient (Wildman–Crippen LogP) is 1.57. The average Bonchev–Trinajstić information content (AvgIpc) is 2.99. The van der Waals surface area contributed by atoms with Crippen LogP contribution in [0.4, 0.5) is 0 Å². The Balaban J connectivity index is 1.74. The maximum atomic E-state index is 12.7. The molecule has 0 bridgehead atoms. The summed E-state index contributed by atoms with van der Waals surface area (Å²) in [6.07, 6.45) is 3.06. The summed E-state index contributed by atoms with van der Waals surface area (Å²) in [5, 5.41) is 4.45. The molecule has 2 aromatic rings. The van der Waals surface area contributed by atoms with Crippen molar-refractivity contribution < 1.29 is 9.59 Å². The lowest BCUT2D eigenvalue weighted by Crippen LogP contribution is -2.43. The zero-order valence-electron chi connectivity index (χ0n) is 15.0. The van der Waals surface area contributed by atoms with Crippen LogP contribution in [0.3, 0.4) is 0 Å². The topological polar surface area (TPSA) is 58.4 Å². The van der Waals surface area contributed by atoms with Crippen LogP contribution in [0.2, 0.25) is 0 Å². The molecule has 0 saturated heterocycles. The molecule has 0 N–H and O–H groups in total. The van der Waals surface area contributed by atoms with Crippen LogP contribution >= 0.6 is 0 Å². The number of aryl methyl sites for hydroxylation is 2. The van der Waals surface area contributed by atoms with Crippen molar-refractivity contribution in [2.45, 2.75) is 25.3 Å². The third-order valence-corrected chi connectivity index (χ3v) is 4.59. The van der Waals surface area contributed by atoms with Gasteiger partial charge in [0.15, 0.2) is 0 Å². The van der Waals surface area contributed by atoms with Gasteiger partial charge in [0.2, 0.25) is 11.8 Å². The molecule has 0 radical (unpaired) electrons. The quantitative estimate of drug-likeness (QED) is 0.849. The number of carbonyl (C=O) groups is 2. The summed E-state index contributed by atoms with van der Waals surface area (Å²) in [6.45, 7) is 0.919. The van der Waals surface area contributed by atoms with E-state index in [4.69, 9.17) is 0 Å². The summed E-state index contributed by atoms with van der Waals surface area (Å²) >= 11 is 0.